The quantitative estimate of drug-likeness (QED) is 0.303. The molecule has 0 aromatic heterocycles. The highest BCUT2D eigenvalue weighted by atomic mass is 35.5. The molecule has 0 radical (unpaired) electrons. The summed E-state index contributed by atoms with van der Waals surface area (Å²) in [6, 6.07) is 13.5. The molecule has 3 amide bonds. The minimum atomic E-state index is -1.38. The molecule has 0 saturated carbocycles. The average Bonchev–Trinajstić information content (AvgIpc) is 3.29. The zero-order valence-corrected chi connectivity index (χ0v) is 22.0. The Labute approximate surface area is 234 Å². The van der Waals surface area contributed by atoms with E-state index in [2.05, 4.69) is 10.2 Å². The Hall–Kier alpha value is -4.45. The number of allylic oxidation sites excluding steroid dienone is 2. The highest BCUT2D eigenvalue weighted by molar-refractivity contribution is 6.66. The molecule has 11 nitrogen and oxygen atoms in total. The highest BCUT2D eigenvalue weighted by Crippen LogP contribution is 2.34. The number of amides is 3. The molecule has 40 heavy (non-hydrogen) atoms. The van der Waals surface area contributed by atoms with Crippen LogP contribution in [0.15, 0.2) is 65.2 Å². The summed E-state index contributed by atoms with van der Waals surface area (Å²) in [6.07, 6.45) is 0.892. The Kier molecular flexibility index (Phi) is 8.69. The summed E-state index contributed by atoms with van der Waals surface area (Å²) in [5.41, 5.74) is 8.92. The fourth-order valence-corrected chi connectivity index (χ4v) is 4.96. The van der Waals surface area contributed by atoms with E-state index in [1.165, 1.54) is 4.81 Å². The predicted molar refractivity (Wildman–Crippen MR) is 147 cm³/mol. The topological polar surface area (TPSA) is 179 Å². The van der Waals surface area contributed by atoms with Crippen LogP contribution in [0.1, 0.15) is 37.7 Å². The van der Waals surface area contributed by atoms with Crippen molar-refractivity contribution in [2.45, 2.75) is 44.0 Å². The lowest BCUT2D eigenvalue weighted by Crippen LogP contribution is -2.52. The number of hydrogen-bond acceptors (Lipinski definition) is 6. The molecule has 1 unspecified atom stereocenters. The number of carbonyl (C=O) groups excluding carboxylic acids is 3. The maximum absolute atomic E-state index is 13.3. The number of nitrogens with two attached hydrogens (primary N) is 1. The Morgan fingerprint density at radius 1 is 1.02 bits per heavy atom. The van der Waals surface area contributed by atoms with Gasteiger partial charge in [0, 0.05) is 23.6 Å². The first-order chi connectivity index (χ1) is 19.0. The number of aliphatic carboxylic acids is 2. The first kappa shape index (κ1) is 28.6. The Bertz CT molecular complexity index is 1430. The molecule has 13 heteroatoms. The van der Waals surface area contributed by atoms with Crippen LogP contribution in [-0.4, -0.2) is 63.4 Å². The number of benzene rings is 2. The zero-order chi connectivity index (χ0) is 29.0. The van der Waals surface area contributed by atoms with Gasteiger partial charge < -0.3 is 31.0 Å². The molecule has 0 aliphatic carbocycles. The van der Waals surface area contributed by atoms with E-state index in [1.807, 2.05) is 42.5 Å². The molecule has 0 spiro atoms. The number of hydrogen-bond donors (Lipinski definition) is 4. The van der Waals surface area contributed by atoms with Crippen molar-refractivity contribution in [2.24, 2.45) is 10.6 Å². The lowest BCUT2D eigenvalue weighted by molar-refractivity contribution is -0.139. The molecular formula is C27H26BClN4O7. The largest absolute Gasteiger partial charge is 0.481 e. The maximum Gasteiger partial charge on any atom is 0.414 e. The van der Waals surface area contributed by atoms with Gasteiger partial charge >= 0.3 is 18.9 Å². The summed E-state index contributed by atoms with van der Waals surface area (Å²) in [5, 5.41) is 21.5. The molecule has 0 bridgehead atoms. The fourth-order valence-electron chi connectivity index (χ4n) is 4.77. The zero-order valence-electron chi connectivity index (χ0n) is 21.2. The Morgan fingerprint density at radius 3 is 2.35 bits per heavy atom. The van der Waals surface area contributed by atoms with Crippen molar-refractivity contribution in [1.82, 2.24) is 10.1 Å². The third-order valence-electron chi connectivity index (χ3n) is 6.75. The first-order valence-electron chi connectivity index (χ1n) is 12.5. The third-order valence-corrected chi connectivity index (χ3v) is 6.98. The second kappa shape index (κ2) is 12.2. The van der Waals surface area contributed by atoms with Gasteiger partial charge in [-0.15, -0.1) is 0 Å². The molecule has 4 rings (SSSR count). The number of carboxylic acid groups (broad SMARTS) is 2. The lowest BCUT2D eigenvalue weighted by Gasteiger charge is -2.32. The van der Waals surface area contributed by atoms with Crippen molar-refractivity contribution in [3.8, 4) is 11.1 Å². The van der Waals surface area contributed by atoms with Crippen molar-refractivity contribution >= 4 is 54.0 Å². The van der Waals surface area contributed by atoms with Crippen molar-refractivity contribution < 1.29 is 34.2 Å². The molecule has 2 aliphatic rings. The number of fused-ring (bicyclic) bond motifs is 1. The first-order valence-corrected chi connectivity index (χ1v) is 12.9. The summed E-state index contributed by atoms with van der Waals surface area (Å²) in [4.78, 5) is 66.8. The van der Waals surface area contributed by atoms with Gasteiger partial charge in [-0.3, -0.25) is 24.0 Å². The van der Waals surface area contributed by atoms with Crippen LogP contribution >= 0.6 is 11.6 Å². The van der Waals surface area contributed by atoms with Crippen LogP contribution < -0.4 is 11.1 Å². The number of rotatable bonds is 11. The number of nitrogens with one attached hydrogen (secondary N) is 1. The number of primary amides is 1. The molecular weight excluding hydrogens is 539 g/mol. The van der Waals surface area contributed by atoms with E-state index < -0.39 is 55.4 Å². The van der Waals surface area contributed by atoms with E-state index in [-0.39, 0.29) is 18.7 Å². The van der Waals surface area contributed by atoms with Gasteiger partial charge in [0.2, 0.25) is 17.7 Å². The van der Waals surface area contributed by atoms with Crippen LogP contribution in [0.5, 0.6) is 0 Å². The number of carbonyl (C=O) groups is 5. The van der Waals surface area contributed by atoms with Gasteiger partial charge in [-0.2, -0.15) is 0 Å². The second-order valence-electron chi connectivity index (χ2n) is 9.52. The number of halogens is 1. The predicted octanol–water partition coefficient (Wildman–Crippen LogP) is 2.48. The van der Waals surface area contributed by atoms with Gasteiger partial charge in [0.05, 0.1) is 17.9 Å². The SMILES string of the molecule is NC(=O)[C@H](CCC(=O)O)NC(=O)C(CC(=O)O)B1N=C(c2ccc(-c3cccc(Cl)c3)cc2)C=C2CCC(=O)N12. The molecule has 2 heterocycles. The molecule has 2 aromatic rings. The molecule has 2 atom stereocenters. The summed E-state index contributed by atoms with van der Waals surface area (Å²) in [6.45, 7) is -1.19. The molecule has 2 aliphatic heterocycles. The number of nitrogens with zero attached hydrogens (tertiary/aromatic N) is 2. The van der Waals surface area contributed by atoms with Crippen LogP contribution in [-0.2, 0) is 24.0 Å². The van der Waals surface area contributed by atoms with Gasteiger partial charge in [0.25, 0.3) is 0 Å². The molecule has 1 fully saturated rings. The van der Waals surface area contributed by atoms with Gasteiger partial charge in [-0.1, -0.05) is 48.0 Å². The highest BCUT2D eigenvalue weighted by Gasteiger charge is 2.47. The minimum Gasteiger partial charge on any atom is -0.481 e. The smallest absolute Gasteiger partial charge is 0.414 e. The van der Waals surface area contributed by atoms with Gasteiger partial charge in [-0.25, -0.2) is 0 Å². The number of carboxylic acids is 2. The van der Waals surface area contributed by atoms with E-state index in [9.17, 15) is 29.1 Å². The van der Waals surface area contributed by atoms with Crippen LogP contribution in [0.3, 0.4) is 0 Å². The lowest BCUT2D eigenvalue weighted by atomic mass is 9.58. The maximum atomic E-state index is 13.3. The normalized spacial score (nSPS) is 16.0. The summed E-state index contributed by atoms with van der Waals surface area (Å²) in [7, 11) is 0. The van der Waals surface area contributed by atoms with E-state index in [4.69, 9.17) is 22.4 Å². The third kappa shape index (κ3) is 6.57. The van der Waals surface area contributed by atoms with E-state index in [0.717, 1.165) is 11.1 Å². The molecule has 5 N–H and O–H groups in total. The molecule has 2 aromatic carbocycles. The van der Waals surface area contributed by atoms with E-state index >= 15 is 0 Å². The Balaban J connectivity index is 1.67. The Morgan fingerprint density at radius 2 is 1.73 bits per heavy atom. The van der Waals surface area contributed by atoms with Crippen LogP contribution in [0.4, 0.5) is 0 Å². The van der Waals surface area contributed by atoms with Crippen LogP contribution in [0.25, 0.3) is 11.1 Å². The molecule has 1 saturated heterocycles. The van der Waals surface area contributed by atoms with Gasteiger partial charge in [-0.05, 0) is 47.7 Å². The second-order valence-corrected chi connectivity index (χ2v) is 9.95. The summed E-state index contributed by atoms with van der Waals surface area (Å²) in [5.74, 6) is -6.03. The average molecular weight is 565 g/mol. The summed E-state index contributed by atoms with van der Waals surface area (Å²) >= 11 is 6.11. The van der Waals surface area contributed by atoms with Crippen LogP contribution in [0, 0.1) is 0 Å². The van der Waals surface area contributed by atoms with Crippen molar-refractivity contribution in [3.63, 3.8) is 0 Å². The summed E-state index contributed by atoms with van der Waals surface area (Å²) < 4.78 is 0. The standard InChI is InChI=1S/C27H26BClN4O7/c29-18-3-1-2-17(12-18)15-4-6-16(7-5-15)22-13-19-8-10-23(34)33(19)28(32-22)20(14-25(37)38)27(40)31-21(26(30)39)9-11-24(35)36/h1-7,12-13,20-21H,8-11,14H2,(H2,30,39)(H,31,40)(H,35,36)(H,37,38)/t20?,21-/m0/s1. The van der Waals surface area contributed by atoms with E-state index in [1.54, 1.807) is 12.1 Å². The van der Waals surface area contributed by atoms with Crippen molar-refractivity contribution in [2.75, 3.05) is 0 Å². The fraction of sp³-hybridized carbons (Fsp3) is 0.259. The van der Waals surface area contributed by atoms with Crippen molar-refractivity contribution in [1.29, 1.82) is 0 Å². The van der Waals surface area contributed by atoms with Crippen molar-refractivity contribution in [3.05, 3.63) is 70.9 Å². The van der Waals surface area contributed by atoms with E-state index in [0.29, 0.717) is 28.4 Å². The van der Waals surface area contributed by atoms with Crippen LogP contribution in [0.2, 0.25) is 10.8 Å². The molecule has 206 valence electrons. The monoisotopic (exact) mass is 564 g/mol. The van der Waals surface area contributed by atoms with Gasteiger partial charge in [0.15, 0.2) is 0 Å². The van der Waals surface area contributed by atoms with Gasteiger partial charge in [0.1, 0.15) is 6.04 Å². The minimum absolute atomic E-state index is 0.169.